The molecule has 0 radical (unpaired) electrons. The van der Waals surface area contributed by atoms with Gasteiger partial charge in [-0.25, -0.2) is 18.4 Å². The minimum atomic E-state index is -3.50. The van der Waals surface area contributed by atoms with E-state index in [9.17, 15) is 8.42 Å². The summed E-state index contributed by atoms with van der Waals surface area (Å²) >= 11 is 0. The maximum absolute atomic E-state index is 13.1. The van der Waals surface area contributed by atoms with Crippen LogP contribution in [0.5, 0.6) is 0 Å². The van der Waals surface area contributed by atoms with Gasteiger partial charge in [-0.1, -0.05) is 60.2 Å². The van der Waals surface area contributed by atoms with Crippen LogP contribution in [0.15, 0.2) is 83.8 Å². The Hall–Kier alpha value is -3.33. The average Bonchev–Trinajstić information content (AvgIpc) is 2.93. The average molecular weight is 516 g/mol. The number of hydrogen-bond acceptors (Lipinski definition) is 6. The minimum Gasteiger partial charge on any atom is -0.369 e. The molecular weight excluding hydrogens is 482 g/mol. The van der Waals surface area contributed by atoms with Crippen molar-refractivity contribution >= 4 is 26.7 Å². The second kappa shape index (κ2) is 11.0. The topological polar surface area (TPSA) is 78.4 Å². The van der Waals surface area contributed by atoms with Crippen molar-refractivity contribution in [3.05, 3.63) is 95.8 Å². The number of para-hydroxylation sites is 1. The number of sulfonamides is 1. The smallest absolute Gasteiger partial charge is 0.243 e. The molecule has 4 aromatic rings. The van der Waals surface area contributed by atoms with Crippen molar-refractivity contribution in [2.75, 3.05) is 38.0 Å². The second-order valence-electron chi connectivity index (χ2n) is 9.54. The van der Waals surface area contributed by atoms with Crippen molar-refractivity contribution in [2.24, 2.45) is 0 Å². The number of fused-ring (bicyclic) bond motifs is 1. The Morgan fingerprint density at radius 3 is 2.27 bits per heavy atom. The fourth-order valence-electron chi connectivity index (χ4n) is 4.74. The molecule has 1 saturated heterocycles. The summed E-state index contributed by atoms with van der Waals surface area (Å²) in [6.07, 6.45) is 0.904. The summed E-state index contributed by atoms with van der Waals surface area (Å²) in [4.78, 5) is 12.4. The summed E-state index contributed by atoms with van der Waals surface area (Å²) in [6.45, 7) is 6.96. The summed E-state index contributed by atoms with van der Waals surface area (Å²) in [6, 6.07) is 25.5. The van der Waals surface area contributed by atoms with E-state index >= 15 is 0 Å². The number of hydrogen-bond donors (Lipinski definition) is 1. The Kier molecular flexibility index (Phi) is 7.50. The molecular formula is C29H33N5O2S. The molecule has 1 atom stereocenters. The SMILES string of the molecule is Cc1ccc(S(=O)(=O)N2CCN([C@H](C)c3nc(NCCc4ccccc4)c4ccccc4n3)CC2)cc1. The lowest BCUT2D eigenvalue weighted by molar-refractivity contribution is 0.141. The lowest BCUT2D eigenvalue weighted by Gasteiger charge is -2.36. The van der Waals surface area contributed by atoms with Crippen LogP contribution in [0.3, 0.4) is 0 Å². The summed E-state index contributed by atoms with van der Waals surface area (Å²) < 4.78 is 27.8. The Bertz CT molecular complexity index is 1450. The highest BCUT2D eigenvalue weighted by Crippen LogP contribution is 2.27. The van der Waals surface area contributed by atoms with Gasteiger partial charge in [-0.15, -0.1) is 0 Å². The highest BCUT2D eigenvalue weighted by Gasteiger charge is 2.31. The molecule has 3 aromatic carbocycles. The first-order valence-electron chi connectivity index (χ1n) is 12.8. The lowest BCUT2D eigenvalue weighted by atomic mass is 10.1. The minimum absolute atomic E-state index is 0.0384. The molecule has 1 aliphatic rings. The summed E-state index contributed by atoms with van der Waals surface area (Å²) in [5.74, 6) is 1.58. The van der Waals surface area contributed by atoms with Crippen LogP contribution in [0, 0.1) is 6.92 Å². The van der Waals surface area contributed by atoms with Gasteiger partial charge in [0.05, 0.1) is 16.5 Å². The maximum atomic E-state index is 13.1. The van der Waals surface area contributed by atoms with E-state index in [-0.39, 0.29) is 6.04 Å². The van der Waals surface area contributed by atoms with Gasteiger partial charge >= 0.3 is 0 Å². The Balaban J connectivity index is 1.29. The zero-order valence-electron chi connectivity index (χ0n) is 21.3. The van der Waals surface area contributed by atoms with Gasteiger partial charge in [0.25, 0.3) is 0 Å². The van der Waals surface area contributed by atoms with Crippen molar-refractivity contribution < 1.29 is 8.42 Å². The number of benzene rings is 3. The molecule has 1 fully saturated rings. The van der Waals surface area contributed by atoms with E-state index in [0.717, 1.165) is 41.1 Å². The van der Waals surface area contributed by atoms with Crippen LogP contribution in [0.1, 0.15) is 29.9 Å². The number of anilines is 1. The molecule has 0 aliphatic carbocycles. The van der Waals surface area contributed by atoms with Crippen molar-refractivity contribution in [3.8, 4) is 0 Å². The number of piperazine rings is 1. The third-order valence-corrected chi connectivity index (χ3v) is 8.94. The fraction of sp³-hybridized carbons (Fsp3) is 0.310. The standard InChI is InChI=1S/C29H33N5O2S/c1-22-12-14-25(15-13-22)37(35,36)34-20-18-33(19-21-34)23(2)28-31-27-11-7-6-10-26(27)29(32-28)30-17-16-24-8-4-3-5-9-24/h3-15,23H,16-21H2,1-2H3,(H,30,31,32)/t23-/m1/s1. The quantitative estimate of drug-likeness (QED) is 0.368. The molecule has 37 heavy (non-hydrogen) atoms. The lowest BCUT2D eigenvalue weighted by Crippen LogP contribution is -2.49. The van der Waals surface area contributed by atoms with Crippen LogP contribution in [-0.4, -0.2) is 60.3 Å². The molecule has 0 saturated carbocycles. The van der Waals surface area contributed by atoms with Gasteiger partial charge < -0.3 is 5.32 Å². The second-order valence-corrected chi connectivity index (χ2v) is 11.5. The number of nitrogens with zero attached hydrogens (tertiary/aromatic N) is 4. The van der Waals surface area contributed by atoms with Crippen LogP contribution >= 0.6 is 0 Å². The van der Waals surface area contributed by atoms with E-state index in [1.54, 1.807) is 16.4 Å². The molecule has 1 aromatic heterocycles. The van der Waals surface area contributed by atoms with Gasteiger partial charge in [0.15, 0.2) is 0 Å². The van der Waals surface area contributed by atoms with E-state index in [1.807, 2.05) is 49.4 Å². The van der Waals surface area contributed by atoms with E-state index in [0.29, 0.717) is 31.1 Å². The van der Waals surface area contributed by atoms with Gasteiger partial charge in [-0.05, 0) is 50.1 Å². The molecule has 5 rings (SSSR count). The normalized spacial score (nSPS) is 16.1. The van der Waals surface area contributed by atoms with E-state index in [4.69, 9.17) is 9.97 Å². The third kappa shape index (κ3) is 5.66. The molecule has 1 aliphatic heterocycles. The predicted molar refractivity (Wildman–Crippen MR) is 148 cm³/mol. The van der Waals surface area contributed by atoms with Crippen LogP contribution < -0.4 is 5.32 Å². The molecule has 0 spiro atoms. The monoisotopic (exact) mass is 515 g/mol. The number of nitrogens with one attached hydrogen (secondary N) is 1. The molecule has 0 amide bonds. The highest BCUT2D eigenvalue weighted by atomic mass is 32.2. The van der Waals surface area contributed by atoms with Gasteiger partial charge in [0.1, 0.15) is 11.6 Å². The largest absolute Gasteiger partial charge is 0.369 e. The Morgan fingerprint density at radius 1 is 0.865 bits per heavy atom. The first-order valence-corrected chi connectivity index (χ1v) is 14.2. The first kappa shape index (κ1) is 25.3. The van der Waals surface area contributed by atoms with E-state index in [2.05, 4.69) is 41.4 Å². The highest BCUT2D eigenvalue weighted by molar-refractivity contribution is 7.89. The van der Waals surface area contributed by atoms with Crippen molar-refractivity contribution in [1.82, 2.24) is 19.2 Å². The molecule has 0 bridgehead atoms. The first-order chi connectivity index (χ1) is 17.9. The van der Waals surface area contributed by atoms with Crippen molar-refractivity contribution in [1.29, 1.82) is 0 Å². The molecule has 192 valence electrons. The number of aromatic nitrogens is 2. The van der Waals surface area contributed by atoms with Crippen LogP contribution in [0.25, 0.3) is 10.9 Å². The van der Waals surface area contributed by atoms with Gasteiger partial charge in [-0.2, -0.15) is 4.31 Å². The predicted octanol–water partition coefficient (Wildman–Crippen LogP) is 4.66. The number of rotatable bonds is 8. The zero-order chi connectivity index (χ0) is 25.8. The molecule has 0 unspecified atom stereocenters. The van der Waals surface area contributed by atoms with Gasteiger partial charge in [-0.3, -0.25) is 4.90 Å². The third-order valence-electron chi connectivity index (χ3n) is 7.02. The van der Waals surface area contributed by atoms with Crippen molar-refractivity contribution in [3.63, 3.8) is 0 Å². The van der Waals surface area contributed by atoms with Gasteiger partial charge in [0.2, 0.25) is 10.0 Å². The molecule has 1 N–H and O–H groups in total. The molecule has 7 nitrogen and oxygen atoms in total. The summed E-state index contributed by atoms with van der Waals surface area (Å²) in [5.41, 5.74) is 3.23. The van der Waals surface area contributed by atoms with Crippen molar-refractivity contribution in [2.45, 2.75) is 31.2 Å². The molecule has 2 heterocycles. The van der Waals surface area contributed by atoms with Gasteiger partial charge in [0, 0.05) is 38.1 Å². The Morgan fingerprint density at radius 2 is 1.54 bits per heavy atom. The van der Waals surface area contributed by atoms with Crippen LogP contribution in [0.4, 0.5) is 5.82 Å². The summed E-state index contributed by atoms with van der Waals surface area (Å²) in [7, 11) is -3.50. The summed E-state index contributed by atoms with van der Waals surface area (Å²) in [5, 5.41) is 4.53. The van der Waals surface area contributed by atoms with Crippen LogP contribution in [0.2, 0.25) is 0 Å². The zero-order valence-corrected chi connectivity index (χ0v) is 22.2. The fourth-order valence-corrected chi connectivity index (χ4v) is 6.16. The number of aryl methyl sites for hydroxylation is 1. The molecule has 8 heteroatoms. The maximum Gasteiger partial charge on any atom is 0.243 e. The Labute approximate surface area is 219 Å². The van der Waals surface area contributed by atoms with E-state index < -0.39 is 10.0 Å². The van der Waals surface area contributed by atoms with E-state index in [1.165, 1.54) is 5.56 Å². The van der Waals surface area contributed by atoms with Crippen LogP contribution in [-0.2, 0) is 16.4 Å².